The minimum atomic E-state index is -0.573. The van der Waals surface area contributed by atoms with Gasteiger partial charge in [0.2, 0.25) is 5.91 Å². The van der Waals surface area contributed by atoms with E-state index in [9.17, 15) is 4.79 Å². The summed E-state index contributed by atoms with van der Waals surface area (Å²) in [4.78, 5) is 14.1. The Morgan fingerprint density at radius 2 is 1.92 bits per heavy atom. The molecule has 128 valence electrons. The highest BCUT2D eigenvalue weighted by Crippen LogP contribution is 2.49. The molecular formula is C21H16N2O2S. The van der Waals surface area contributed by atoms with Crippen molar-refractivity contribution in [3.63, 3.8) is 0 Å². The van der Waals surface area contributed by atoms with Crippen LogP contribution in [0.3, 0.4) is 0 Å². The first-order chi connectivity index (χ1) is 12.8. The van der Waals surface area contributed by atoms with Crippen LogP contribution in [-0.2, 0) is 10.2 Å². The largest absolute Gasteiger partial charge is 0.355 e. The zero-order valence-electron chi connectivity index (χ0n) is 13.9. The van der Waals surface area contributed by atoms with E-state index < -0.39 is 5.41 Å². The van der Waals surface area contributed by atoms with Gasteiger partial charge in [0.1, 0.15) is 0 Å². The summed E-state index contributed by atoms with van der Waals surface area (Å²) in [5.41, 5.74) is 0.982. The van der Waals surface area contributed by atoms with Crippen molar-refractivity contribution < 1.29 is 9.32 Å². The minimum absolute atomic E-state index is 0.0140. The number of nitrogens with zero attached hydrogens (tertiary/aromatic N) is 1. The highest BCUT2D eigenvalue weighted by Gasteiger charge is 2.54. The predicted octanol–water partition coefficient (Wildman–Crippen LogP) is 5.23. The zero-order valence-corrected chi connectivity index (χ0v) is 14.8. The van der Waals surface area contributed by atoms with Gasteiger partial charge < -0.3 is 9.84 Å². The van der Waals surface area contributed by atoms with Crippen LogP contribution in [0.25, 0.3) is 21.4 Å². The van der Waals surface area contributed by atoms with Crippen LogP contribution in [-0.4, -0.2) is 11.1 Å². The first kappa shape index (κ1) is 15.3. The lowest BCUT2D eigenvalue weighted by molar-refractivity contribution is -0.118. The SMILES string of the molecule is O=C(Nc1cccc2ccccc12)C1(c2cc(-c3cccs3)on2)CC1. The fourth-order valence-corrected chi connectivity index (χ4v) is 4.01. The van der Waals surface area contributed by atoms with Gasteiger partial charge in [-0.15, -0.1) is 11.3 Å². The molecule has 1 fully saturated rings. The average molecular weight is 360 g/mol. The summed E-state index contributed by atoms with van der Waals surface area (Å²) in [6, 6.07) is 19.9. The van der Waals surface area contributed by atoms with Gasteiger partial charge in [-0.25, -0.2) is 0 Å². The predicted molar refractivity (Wildman–Crippen MR) is 103 cm³/mol. The van der Waals surface area contributed by atoms with Gasteiger partial charge in [-0.3, -0.25) is 4.79 Å². The van der Waals surface area contributed by atoms with Gasteiger partial charge in [0.15, 0.2) is 5.76 Å². The number of thiophene rings is 1. The molecule has 0 unspecified atom stereocenters. The molecule has 1 amide bonds. The molecule has 1 saturated carbocycles. The van der Waals surface area contributed by atoms with Crippen LogP contribution in [0.4, 0.5) is 5.69 Å². The Bertz CT molecular complexity index is 1090. The number of carbonyl (C=O) groups is 1. The first-order valence-electron chi connectivity index (χ1n) is 8.57. The molecule has 0 saturated heterocycles. The lowest BCUT2D eigenvalue weighted by Crippen LogP contribution is -2.28. The third-order valence-corrected chi connectivity index (χ3v) is 5.87. The van der Waals surface area contributed by atoms with Crippen LogP contribution in [0.1, 0.15) is 18.5 Å². The summed E-state index contributed by atoms with van der Waals surface area (Å²) >= 11 is 1.60. The third-order valence-electron chi connectivity index (χ3n) is 4.99. The maximum absolute atomic E-state index is 13.0. The number of nitrogens with one attached hydrogen (secondary N) is 1. The molecule has 0 spiro atoms. The molecule has 2 aromatic heterocycles. The molecule has 0 radical (unpaired) electrons. The van der Waals surface area contributed by atoms with Crippen LogP contribution in [0.2, 0.25) is 0 Å². The number of benzene rings is 2. The van der Waals surface area contributed by atoms with Gasteiger partial charge in [-0.1, -0.05) is 47.6 Å². The third kappa shape index (κ3) is 2.44. The summed E-state index contributed by atoms with van der Waals surface area (Å²) in [5, 5.41) is 11.5. The van der Waals surface area contributed by atoms with Gasteiger partial charge in [-0.05, 0) is 35.7 Å². The quantitative estimate of drug-likeness (QED) is 0.542. The second-order valence-electron chi connectivity index (χ2n) is 6.62. The van der Waals surface area contributed by atoms with E-state index in [1.807, 2.05) is 66.0 Å². The fraction of sp³-hybridized carbons (Fsp3) is 0.143. The Hall–Kier alpha value is -2.92. The van der Waals surface area contributed by atoms with Crippen molar-refractivity contribution in [3.05, 3.63) is 71.7 Å². The summed E-state index contributed by atoms with van der Waals surface area (Å²) in [7, 11) is 0. The van der Waals surface area contributed by atoms with Crippen LogP contribution in [0.15, 0.2) is 70.6 Å². The van der Waals surface area contributed by atoms with Gasteiger partial charge in [0, 0.05) is 17.1 Å². The van der Waals surface area contributed by atoms with Crippen molar-refractivity contribution in [3.8, 4) is 10.6 Å². The average Bonchev–Trinajstić information content (AvgIpc) is 3.09. The molecule has 26 heavy (non-hydrogen) atoms. The van der Waals surface area contributed by atoms with Crippen molar-refractivity contribution in [1.82, 2.24) is 5.16 Å². The van der Waals surface area contributed by atoms with Crippen molar-refractivity contribution >= 4 is 33.7 Å². The molecule has 2 heterocycles. The summed E-state index contributed by atoms with van der Waals surface area (Å²) in [6.45, 7) is 0. The Morgan fingerprint density at radius 3 is 2.73 bits per heavy atom. The van der Waals surface area contributed by atoms with Gasteiger partial charge in [-0.2, -0.15) is 0 Å². The van der Waals surface area contributed by atoms with E-state index in [0.717, 1.165) is 45.6 Å². The topological polar surface area (TPSA) is 55.1 Å². The maximum atomic E-state index is 13.0. The first-order valence-corrected chi connectivity index (χ1v) is 9.45. The van der Waals surface area contributed by atoms with E-state index in [1.54, 1.807) is 11.3 Å². The molecule has 4 aromatic rings. The second kappa shape index (κ2) is 5.81. The number of hydrogen-bond donors (Lipinski definition) is 1. The number of fused-ring (bicyclic) bond motifs is 1. The fourth-order valence-electron chi connectivity index (χ4n) is 3.34. The van der Waals surface area contributed by atoms with E-state index in [4.69, 9.17) is 4.52 Å². The van der Waals surface area contributed by atoms with E-state index in [0.29, 0.717) is 0 Å². The smallest absolute Gasteiger partial charge is 0.236 e. The molecule has 0 aliphatic heterocycles. The molecule has 5 rings (SSSR count). The van der Waals surface area contributed by atoms with Crippen LogP contribution < -0.4 is 5.32 Å². The van der Waals surface area contributed by atoms with Gasteiger partial charge >= 0.3 is 0 Å². The van der Waals surface area contributed by atoms with E-state index >= 15 is 0 Å². The molecule has 2 aromatic carbocycles. The minimum Gasteiger partial charge on any atom is -0.355 e. The van der Waals surface area contributed by atoms with Crippen molar-refractivity contribution in [1.29, 1.82) is 0 Å². The van der Waals surface area contributed by atoms with Crippen molar-refractivity contribution in [2.24, 2.45) is 0 Å². The molecule has 1 aliphatic carbocycles. The van der Waals surface area contributed by atoms with Gasteiger partial charge in [0.25, 0.3) is 0 Å². The van der Waals surface area contributed by atoms with Crippen LogP contribution in [0.5, 0.6) is 0 Å². The molecule has 1 N–H and O–H groups in total. The summed E-state index contributed by atoms with van der Waals surface area (Å²) in [6.07, 6.45) is 1.58. The molecule has 5 heteroatoms. The van der Waals surface area contributed by atoms with Crippen molar-refractivity contribution in [2.45, 2.75) is 18.3 Å². The molecule has 4 nitrogen and oxygen atoms in total. The van der Waals surface area contributed by atoms with E-state index in [2.05, 4.69) is 10.5 Å². The molecule has 0 atom stereocenters. The lowest BCUT2D eigenvalue weighted by Gasteiger charge is -2.14. The number of anilines is 1. The Morgan fingerprint density at radius 1 is 1.08 bits per heavy atom. The Labute approximate surface area is 154 Å². The number of aromatic nitrogens is 1. The second-order valence-corrected chi connectivity index (χ2v) is 7.56. The normalized spacial score (nSPS) is 15.1. The zero-order chi connectivity index (χ0) is 17.6. The summed E-state index contributed by atoms with van der Waals surface area (Å²) in [5.74, 6) is 0.708. The highest BCUT2D eigenvalue weighted by atomic mass is 32.1. The van der Waals surface area contributed by atoms with Crippen LogP contribution in [0, 0.1) is 0 Å². The maximum Gasteiger partial charge on any atom is 0.236 e. The molecule has 1 aliphatic rings. The monoisotopic (exact) mass is 360 g/mol. The number of rotatable bonds is 4. The number of hydrogen-bond acceptors (Lipinski definition) is 4. The number of amides is 1. The van der Waals surface area contributed by atoms with Gasteiger partial charge in [0.05, 0.1) is 16.0 Å². The number of carbonyl (C=O) groups excluding carboxylic acids is 1. The Balaban J connectivity index is 1.45. The molecule has 0 bridgehead atoms. The van der Waals surface area contributed by atoms with E-state index in [1.165, 1.54) is 0 Å². The molecular weight excluding hydrogens is 344 g/mol. The standard InChI is InChI=1S/C21H16N2O2S/c24-20(22-16-8-3-6-14-5-1-2-7-15(14)16)21(10-11-21)19-13-17(25-23-19)18-9-4-12-26-18/h1-9,12-13H,10-11H2,(H,22,24). The Kier molecular flexibility index (Phi) is 3.43. The van der Waals surface area contributed by atoms with Crippen molar-refractivity contribution in [2.75, 3.05) is 5.32 Å². The van der Waals surface area contributed by atoms with E-state index in [-0.39, 0.29) is 5.91 Å². The van der Waals surface area contributed by atoms with Crippen LogP contribution >= 0.6 is 11.3 Å². The lowest BCUT2D eigenvalue weighted by atomic mass is 10.0. The summed E-state index contributed by atoms with van der Waals surface area (Å²) < 4.78 is 5.49. The highest BCUT2D eigenvalue weighted by molar-refractivity contribution is 7.13.